The summed E-state index contributed by atoms with van der Waals surface area (Å²) in [5.74, 6) is 0.927. The van der Waals surface area contributed by atoms with Gasteiger partial charge in [-0.3, -0.25) is 4.98 Å². The van der Waals surface area contributed by atoms with Crippen molar-refractivity contribution in [2.75, 3.05) is 0 Å². The zero-order valence-corrected chi connectivity index (χ0v) is 17.4. The molecule has 2 fully saturated rings. The highest BCUT2D eigenvalue weighted by atomic mass is 35.5. The van der Waals surface area contributed by atoms with Crippen LogP contribution in [0.3, 0.4) is 0 Å². The highest BCUT2D eigenvalue weighted by molar-refractivity contribution is 6.33. The van der Waals surface area contributed by atoms with Crippen LogP contribution in [-0.2, 0) is 16.9 Å². The van der Waals surface area contributed by atoms with Crippen LogP contribution in [0.5, 0.6) is 5.75 Å². The van der Waals surface area contributed by atoms with Crippen LogP contribution in [-0.4, -0.2) is 11.1 Å². The van der Waals surface area contributed by atoms with E-state index in [9.17, 15) is 0 Å². The summed E-state index contributed by atoms with van der Waals surface area (Å²) in [6.07, 6.45) is 8.27. The maximum absolute atomic E-state index is 6.42. The van der Waals surface area contributed by atoms with Crippen molar-refractivity contribution in [2.24, 2.45) is 0 Å². The van der Waals surface area contributed by atoms with E-state index in [-0.39, 0.29) is 5.60 Å². The highest BCUT2D eigenvalue weighted by Gasteiger charge is 2.47. The lowest BCUT2D eigenvalue weighted by Crippen LogP contribution is -2.14. The van der Waals surface area contributed by atoms with Gasteiger partial charge in [0.15, 0.2) is 0 Å². The first kappa shape index (κ1) is 18.9. The predicted molar refractivity (Wildman–Crippen MR) is 115 cm³/mol. The second-order valence-corrected chi connectivity index (χ2v) is 8.60. The van der Waals surface area contributed by atoms with Gasteiger partial charge >= 0.3 is 0 Å². The Balaban J connectivity index is 1.46. The van der Waals surface area contributed by atoms with Crippen molar-refractivity contribution in [3.63, 3.8) is 0 Å². The third-order valence-corrected chi connectivity index (χ3v) is 6.13. The maximum Gasteiger partial charge on any atom is 0.127 e. The van der Waals surface area contributed by atoms with Crippen molar-refractivity contribution >= 4 is 23.2 Å². The fraction of sp³-hybridized carbons (Fsp3) is 0.292. The molecule has 0 atom stereocenters. The predicted octanol–water partition coefficient (Wildman–Crippen LogP) is 6.80. The number of aromatic nitrogens is 1. The van der Waals surface area contributed by atoms with Crippen LogP contribution in [0.25, 0.3) is 11.1 Å². The summed E-state index contributed by atoms with van der Waals surface area (Å²) in [5.41, 5.74) is 3.86. The van der Waals surface area contributed by atoms with E-state index in [1.54, 1.807) is 6.07 Å². The van der Waals surface area contributed by atoms with E-state index >= 15 is 0 Å². The fourth-order valence-corrected chi connectivity index (χ4v) is 3.99. The Morgan fingerprint density at radius 1 is 1.00 bits per heavy atom. The molecule has 2 aliphatic rings. The molecule has 0 radical (unpaired) electrons. The molecule has 3 nitrogen and oxygen atoms in total. The number of hydrogen-bond acceptors (Lipinski definition) is 3. The fourth-order valence-electron chi connectivity index (χ4n) is 3.62. The van der Waals surface area contributed by atoms with E-state index in [0.717, 1.165) is 53.7 Å². The van der Waals surface area contributed by atoms with E-state index in [4.69, 9.17) is 32.7 Å². The van der Waals surface area contributed by atoms with Gasteiger partial charge in [0, 0.05) is 33.6 Å². The Hall–Kier alpha value is -2.07. The molecule has 2 saturated carbocycles. The highest BCUT2D eigenvalue weighted by Crippen LogP contribution is 2.53. The van der Waals surface area contributed by atoms with Crippen molar-refractivity contribution in [1.82, 2.24) is 4.98 Å². The van der Waals surface area contributed by atoms with Gasteiger partial charge in [-0.05, 0) is 67.1 Å². The van der Waals surface area contributed by atoms with Gasteiger partial charge in [-0.25, -0.2) is 0 Å². The lowest BCUT2D eigenvalue weighted by Gasteiger charge is -2.22. The molecule has 29 heavy (non-hydrogen) atoms. The summed E-state index contributed by atoms with van der Waals surface area (Å²) in [7, 11) is 0. The summed E-state index contributed by atoms with van der Waals surface area (Å²) in [5, 5.41) is 1.32. The summed E-state index contributed by atoms with van der Waals surface area (Å²) in [6.45, 7) is 0.411. The number of ether oxygens (including phenoxy) is 2. The molecule has 3 aromatic rings. The quantitative estimate of drug-likeness (QED) is 0.416. The average Bonchev–Trinajstić information content (AvgIpc) is 3.66. The van der Waals surface area contributed by atoms with Crippen LogP contribution < -0.4 is 4.74 Å². The first-order valence-corrected chi connectivity index (χ1v) is 10.7. The molecule has 0 amide bonds. The Kier molecular flexibility index (Phi) is 4.99. The van der Waals surface area contributed by atoms with Crippen LogP contribution >= 0.6 is 23.2 Å². The van der Waals surface area contributed by atoms with Crippen molar-refractivity contribution in [2.45, 2.75) is 44.0 Å². The normalized spacial score (nSPS) is 17.2. The summed E-state index contributed by atoms with van der Waals surface area (Å²) in [6, 6.07) is 15.7. The Morgan fingerprint density at radius 2 is 1.83 bits per heavy atom. The number of para-hydroxylation sites is 1. The number of nitrogens with zero attached hydrogens (tertiary/aromatic N) is 1. The molecule has 0 spiro atoms. The molecule has 148 valence electrons. The zero-order chi connectivity index (χ0) is 19.8. The lowest BCUT2D eigenvalue weighted by molar-refractivity contribution is 0.0174. The minimum Gasteiger partial charge on any atom is -0.490 e. The minimum absolute atomic E-state index is 0.345. The second-order valence-electron chi connectivity index (χ2n) is 7.75. The summed E-state index contributed by atoms with van der Waals surface area (Å²) >= 11 is 12.5. The van der Waals surface area contributed by atoms with Gasteiger partial charge in [-0.2, -0.15) is 0 Å². The van der Waals surface area contributed by atoms with E-state index in [0.29, 0.717) is 22.8 Å². The third kappa shape index (κ3) is 4.00. The van der Waals surface area contributed by atoms with Gasteiger partial charge in [0.25, 0.3) is 0 Å². The van der Waals surface area contributed by atoms with Crippen LogP contribution in [0.15, 0.2) is 60.9 Å². The Labute approximate surface area is 180 Å². The van der Waals surface area contributed by atoms with Gasteiger partial charge in [0.1, 0.15) is 5.75 Å². The molecular formula is C24H21Cl2NO2. The van der Waals surface area contributed by atoms with E-state index in [1.807, 2.05) is 42.7 Å². The Morgan fingerprint density at radius 3 is 2.62 bits per heavy atom. The molecule has 0 unspecified atom stereocenters. The van der Waals surface area contributed by atoms with Gasteiger partial charge in [0.05, 0.1) is 18.3 Å². The van der Waals surface area contributed by atoms with Crippen molar-refractivity contribution in [3.05, 3.63) is 82.1 Å². The second kappa shape index (κ2) is 7.64. The number of benzene rings is 2. The van der Waals surface area contributed by atoms with E-state index < -0.39 is 0 Å². The van der Waals surface area contributed by atoms with Gasteiger partial charge in [-0.1, -0.05) is 41.4 Å². The van der Waals surface area contributed by atoms with E-state index in [2.05, 4.69) is 17.1 Å². The molecule has 2 aromatic carbocycles. The van der Waals surface area contributed by atoms with Gasteiger partial charge < -0.3 is 9.47 Å². The molecule has 5 rings (SSSR count). The monoisotopic (exact) mass is 425 g/mol. The minimum atomic E-state index is -0.345. The number of halogens is 2. The molecule has 1 heterocycles. The summed E-state index contributed by atoms with van der Waals surface area (Å²) in [4.78, 5) is 4.40. The topological polar surface area (TPSA) is 31.4 Å². The molecule has 0 aliphatic heterocycles. The lowest BCUT2D eigenvalue weighted by atomic mass is 9.96. The molecule has 0 N–H and O–H groups in total. The third-order valence-electron chi connectivity index (χ3n) is 5.52. The van der Waals surface area contributed by atoms with Crippen LogP contribution in [0, 0.1) is 0 Å². The maximum atomic E-state index is 6.42. The van der Waals surface area contributed by atoms with Crippen molar-refractivity contribution < 1.29 is 9.47 Å². The van der Waals surface area contributed by atoms with Gasteiger partial charge in [-0.15, -0.1) is 0 Å². The SMILES string of the molecule is Clc1ccc(Cl)c(COC2(c3cnccc3-c3ccccc3OC3CC3)CC2)c1. The molecule has 5 heteroatoms. The van der Waals surface area contributed by atoms with E-state index in [1.165, 1.54) is 0 Å². The number of hydrogen-bond donors (Lipinski definition) is 0. The first-order chi connectivity index (χ1) is 14.1. The standard InChI is InChI=1S/C24H21Cl2NO2/c25-17-5-8-22(26)16(13-17)15-28-24(10-11-24)21-14-27-12-9-19(21)20-3-1-2-4-23(20)29-18-6-7-18/h1-5,8-9,12-14,18H,6-7,10-11,15H2. The van der Waals surface area contributed by atoms with Crippen molar-refractivity contribution in [1.29, 1.82) is 0 Å². The first-order valence-electron chi connectivity index (χ1n) is 9.93. The van der Waals surface area contributed by atoms with Crippen LogP contribution in [0.2, 0.25) is 10.0 Å². The Bertz CT molecular complexity index is 1040. The largest absolute Gasteiger partial charge is 0.490 e. The molecule has 1 aromatic heterocycles. The smallest absolute Gasteiger partial charge is 0.127 e. The molecule has 0 bridgehead atoms. The molecular weight excluding hydrogens is 405 g/mol. The number of pyridine rings is 1. The van der Waals surface area contributed by atoms with Gasteiger partial charge in [0.2, 0.25) is 0 Å². The average molecular weight is 426 g/mol. The zero-order valence-electron chi connectivity index (χ0n) is 15.9. The van der Waals surface area contributed by atoms with Crippen LogP contribution in [0.4, 0.5) is 0 Å². The molecule has 0 saturated heterocycles. The number of rotatable bonds is 7. The van der Waals surface area contributed by atoms with Crippen LogP contribution in [0.1, 0.15) is 36.8 Å². The summed E-state index contributed by atoms with van der Waals surface area (Å²) < 4.78 is 12.6. The van der Waals surface area contributed by atoms with Crippen molar-refractivity contribution in [3.8, 4) is 16.9 Å². The molecule has 2 aliphatic carbocycles.